The van der Waals surface area contributed by atoms with Crippen molar-refractivity contribution in [2.24, 2.45) is 0 Å². The maximum absolute atomic E-state index is 14.6. The summed E-state index contributed by atoms with van der Waals surface area (Å²) in [7, 11) is -3.58. The number of hydrogen-bond donors (Lipinski definition) is 1. The van der Waals surface area contributed by atoms with Gasteiger partial charge in [0.2, 0.25) is 10.0 Å². The van der Waals surface area contributed by atoms with Crippen LogP contribution in [0, 0.1) is 0 Å². The van der Waals surface area contributed by atoms with Crippen LogP contribution in [0.3, 0.4) is 0 Å². The smallest absolute Gasteiger partial charge is 0.328 e. The van der Waals surface area contributed by atoms with Gasteiger partial charge in [-0.3, -0.25) is 4.79 Å². The summed E-state index contributed by atoms with van der Waals surface area (Å²) >= 11 is 0. The summed E-state index contributed by atoms with van der Waals surface area (Å²) in [4.78, 5) is 13.8. The average Bonchev–Trinajstić information content (AvgIpc) is 3.08. The number of halogens is 2. The molecule has 0 aliphatic carbocycles. The Morgan fingerprint density at radius 3 is 2.58 bits per heavy atom. The van der Waals surface area contributed by atoms with Crippen LogP contribution in [0.1, 0.15) is 18.4 Å². The van der Waals surface area contributed by atoms with Crippen LogP contribution in [0.5, 0.6) is 5.75 Å². The van der Waals surface area contributed by atoms with Crippen molar-refractivity contribution in [3.05, 3.63) is 54.1 Å². The summed E-state index contributed by atoms with van der Waals surface area (Å²) < 4.78 is 61.3. The Bertz CT molecular complexity index is 1080. The van der Waals surface area contributed by atoms with Crippen molar-refractivity contribution in [2.75, 3.05) is 19.4 Å². The molecule has 1 amide bonds. The minimum Gasteiger partial charge on any atom is -0.492 e. The lowest BCUT2D eigenvalue weighted by atomic mass is 9.95. The highest BCUT2D eigenvalue weighted by Gasteiger charge is 2.49. The topological polar surface area (TPSA) is 75.7 Å². The minimum absolute atomic E-state index is 0.0703. The molecule has 2 aliphatic heterocycles. The van der Waals surface area contributed by atoms with Crippen molar-refractivity contribution in [1.82, 2.24) is 9.62 Å². The zero-order valence-electron chi connectivity index (χ0n) is 17.1. The maximum Gasteiger partial charge on any atom is 0.328 e. The van der Waals surface area contributed by atoms with Crippen molar-refractivity contribution in [1.29, 1.82) is 0 Å². The van der Waals surface area contributed by atoms with Crippen molar-refractivity contribution < 1.29 is 26.7 Å². The number of carbonyl (C=O) groups is 1. The Morgan fingerprint density at radius 2 is 1.87 bits per heavy atom. The van der Waals surface area contributed by atoms with E-state index < -0.39 is 40.4 Å². The first-order chi connectivity index (χ1) is 14.7. The number of sulfonamides is 1. The molecule has 6 nitrogen and oxygen atoms in total. The van der Waals surface area contributed by atoms with E-state index in [0.717, 1.165) is 27.8 Å². The number of benzene rings is 2. The molecule has 4 rings (SSSR count). The van der Waals surface area contributed by atoms with Gasteiger partial charge in [0.15, 0.2) is 0 Å². The lowest BCUT2D eigenvalue weighted by molar-refractivity contribution is -0.160. The third-order valence-corrected chi connectivity index (χ3v) is 6.49. The van der Waals surface area contributed by atoms with E-state index in [1.54, 1.807) is 0 Å². The number of ether oxygens (including phenoxy) is 1. The molecule has 2 aliphatic rings. The molecular weight excluding hydrogens is 426 g/mol. The van der Waals surface area contributed by atoms with Crippen LogP contribution in [0.25, 0.3) is 11.1 Å². The van der Waals surface area contributed by atoms with Gasteiger partial charge in [0.05, 0.1) is 25.3 Å². The number of hydrogen-bond acceptors (Lipinski definition) is 4. The molecule has 1 fully saturated rings. The van der Waals surface area contributed by atoms with Gasteiger partial charge in [-0.1, -0.05) is 48.5 Å². The number of carbonyl (C=O) groups excluding carboxylic acids is 1. The average molecular weight is 451 g/mol. The van der Waals surface area contributed by atoms with Crippen LogP contribution in [0.2, 0.25) is 0 Å². The number of fused-ring (bicyclic) bond motifs is 2. The third-order valence-electron chi connectivity index (χ3n) is 5.76. The van der Waals surface area contributed by atoms with Crippen molar-refractivity contribution >= 4 is 15.9 Å². The largest absolute Gasteiger partial charge is 0.492 e. The molecule has 0 saturated carbocycles. The summed E-state index contributed by atoms with van der Waals surface area (Å²) in [5, 5.41) is 0. The Balaban J connectivity index is 1.79. The number of para-hydroxylation sites is 1. The van der Waals surface area contributed by atoms with E-state index in [1.807, 2.05) is 48.5 Å². The molecule has 31 heavy (non-hydrogen) atoms. The normalized spacial score (nSPS) is 23.6. The predicted molar refractivity (Wildman–Crippen MR) is 113 cm³/mol. The molecular formula is C22H24F2N2O4S. The van der Waals surface area contributed by atoms with Gasteiger partial charge in [0, 0.05) is 18.2 Å². The molecule has 2 aromatic carbocycles. The summed E-state index contributed by atoms with van der Waals surface area (Å²) in [6.07, 6.45) is 0.748. The molecule has 2 aromatic rings. The zero-order chi connectivity index (χ0) is 22.2. The molecule has 0 radical (unpaired) electrons. The zero-order valence-corrected chi connectivity index (χ0v) is 17.9. The van der Waals surface area contributed by atoms with Crippen molar-refractivity contribution in [3.63, 3.8) is 0 Å². The molecule has 1 saturated heterocycles. The summed E-state index contributed by atoms with van der Waals surface area (Å²) in [6, 6.07) is 13.6. The fraction of sp³-hybridized carbons (Fsp3) is 0.409. The lowest BCUT2D eigenvalue weighted by Crippen LogP contribution is -2.52. The van der Waals surface area contributed by atoms with E-state index in [4.69, 9.17) is 4.74 Å². The predicted octanol–water partition coefficient (Wildman–Crippen LogP) is 2.83. The molecule has 166 valence electrons. The summed E-state index contributed by atoms with van der Waals surface area (Å²) in [5.41, 5.74) is 2.40. The van der Waals surface area contributed by atoms with E-state index in [1.165, 1.54) is 0 Å². The Morgan fingerprint density at radius 1 is 1.13 bits per heavy atom. The SMILES string of the molecule is CS(=O)(=O)NC1CCN2C(=O)C(F)(F)CCOc3c(cccc3-c3ccccc3)CC12. The van der Waals surface area contributed by atoms with Gasteiger partial charge in [0.25, 0.3) is 5.91 Å². The van der Waals surface area contributed by atoms with Gasteiger partial charge in [-0.2, -0.15) is 8.78 Å². The second-order valence-electron chi connectivity index (χ2n) is 8.02. The van der Waals surface area contributed by atoms with Crippen LogP contribution in [-0.2, 0) is 21.2 Å². The van der Waals surface area contributed by atoms with Crippen molar-refractivity contribution in [3.8, 4) is 16.9 Å². The standard InChI is InChI=1S/C22H24F2N2O4S/c1-31(28,29)25-18-10-12-26-19(18)14-16-8-5-9-17(15-6-3-2-4-7-15)20(16)30-13-11-22(23,24)21(26)27/h2-9,18-19,25H,10-14H2,1H3. The van der Waals surface area contributed by atoms with Crippen LogP contribution >= 0.6 is 0 Å². The first-order valence-corrected chi connectivity index (χ1v) is 12.0. The first kappa shape index (κ1) is 21.7. The Hall–Kier alpha value is -2.52. The molecule has 0 aromatic heterocycles. The van der Waals surface area contributed by atoms with Gasteiger partial charge < -0.3 is 9.64 Å². The van der Waals surface area contributed by atoms with Gasteiger partial charge >= 0.3 is 5.92 Å². The van der Waals surface area contributed by atoms with E-state index in [9.17, 15) is 22.0 Å². The number of amides is 1. The molecule has 1 N–H and O–H groups in total. The molecule has 0 spiro atoms. The third kappa shape index (κ3) is 4.57. The van der Waals surface area contributed by atoms with Crippen LogP contribution in [0.4, 0.5) is 8.78 Å². The Kier molecular flexibility index (Phi) is 5.74. The van der Waals surface area contributed by atoms with Crippen molar-refractivity contribution in [2.45, 2.75) is 37.3 Å². The summed E-state index contributed by atoms with van der Waals surface area (Å²) in [5.74, 6) is -4.37. The molecule has 2 unspecified atom stereocenters. The number of nitrogens with one attached hydrogen (secondary N) is 1. The lowest BCUT2D eigenvalue weighted by Gasteiger charge is -2.33. The first-order valence-electron chi connectivity index (χ1n) is 10.1. The van der Waals surface area contributed by atoms with E-state index in [0.29, 0.717) is 5.75 Å². The molecule has 2 atom stereocenters. The fourth-order valence-corrected chi connectivity index (χ4v) is 5.18. The monoisotopic (exact) mass is 450 g/mol. The van der Waals surface area contributed by atoms with E-state index >= 15 is 0 Å². The number of nitrogens with zero attached hydrogens (tertiary/aromatic N) is 1. The van der Waals surface area contributed by atoms with Gasteiger partial charge in [-0.25, -0.2) is 13.1 Å². The summed E-state index contributed by atoms with van der Waals surface area (Å²) in [6.45, 7) is -0.236. The van der Waals surface area contributed by atoms with Crippen LogP contribution in [-0.4, -0.2) is 56.6 Å². The molecule has 2 heterocycles. The highest BCUT2D eigenvalue weighted by molar-refractivity contribution is 7.88. The second kappa shape index (κ2) is 8.20. The quantitative estimate of drug-likeness (QED) is 0.780. The number of alkyl halides is 2. The molecule has 0 bridgehead atoms. The Labute approximate surface area is 180 Å². The molecule has 9 heteroatoms. The minimum atomic E-state index is -3.59. The van der Waals surface area contributed by atoms with Crippen LogP contribution in [0.15, 0.2) is 48.5 Å². The number of rotatable bonds is 3. The van der Waals surface area contributed by atoms with E-state index in [-0.39, 0.29) is 26.0 Å². The highest BCUT2D eigenvalue weighted by atomic mass is 32.2. The van der Waals surface area contributed by atoms with Gasteiger partial charge in [0.1, 0.15) is 5.75 Å². The second-order valence-corrected chi connectivity index (χ2v) is 9.80. The van der Waals surface area contributed by atoms with Crippen LogP contribution < -0.4 is 9.46 Å². The van der Waals surface area contributed by atoms with Gasteiger partial charge in [-0.05, 0) is 24.0 Å². The fourth-order valence-electron chi connectivity index (χ4n) is 4.36. The van der Waals surface area contributed by atoms with E-state index in [2.05, 4.69) is 4.72 Å². The maximum atomic E-state index is 14.6. The van der Waals surface area contributed by atoms with Gasteiger partial charge in [-0.15, -0.1) is 0 Å². The highest BCUT2D eigenvalue weighted by Crippen LogP contribution is 2.38.